The molecule has 0 bridgehead atoms. The third-order valence-corrected chi connectivity index (χ3v) is 8.08. The quantitative estimate of drug-likeness (QED) is 0.328. The number of benzene rings is 3. The number of phenolic OH excluding ortho intramolecular Hbond substituents is 1. The van der Waals surface area contributed by atoms with Crippen LogP contribution >= 0.6 is 0 Å². The SMILES string of the molecule is Cc1ccc2c(c1)[C@@]1(N[C@H](Cc3c[nH]c4ccc(O)cc34)[C@H]3C(=O)N(c4ccccc4)C(=O)[C@H]31)C(=O)N2. The molecule has 3 aliphatic heterocycles. The standard InChI is InChI=1S/C29H24N4O4/c1-15-7-9-22-20(11-15)29(28(37)31-22)25-24(26(35)33(27(25)36)17-5-3-2-4-6-17)23(32-29)12-16-14-30-21-10-8-18(34)13-19(16)21/h2-11,13-14,23-25,30,32,34H,12H2,1H3,(H,31,37)/t23-,24-,25+,29+/m1/s1. The van der Waals surface area contributed by atoms with Gasteiger partial charge in [-0.25, -0.2) is 4.90 Å². The molecule has 3 aromatic carbocycles. The summed E-state index contributed by atoms with van der Waals surface area (Å²) in [5.41, 5.74) is 3.19. The highest BCUT2D eigenvalue weighted by Crippen LogP contribution is 2.54. The second-order valence-corrected chi connectivity index (χ2v) is 10.2. The van der Waals surface area contributed by atoms with E-state index in [2.05, 4.69) is 15.6 Å². The van der Waals surface area contributed by atoms with E-state index in [9.17, 15) is 19.5 Å². The number of hydrogen-bond acceptors (Lipinski definition) is 5. The number of aromatic amines is 1. The molecule has 8 heteroatoms. The zero-order valence-electron chi connectivity index (χ0n) is 20.0. The molecule has 2 saturated heterocycles. The molecular formula is C29H24N4O4. The first kappa shape index (κ1) is 21.8. The Balaban J connectivity index is 1.39. The molecule has 1 aromatic heterocycles. The summed E-state index contributed by atoms with van der Waals surface area (Å²) < 4.78 is 0. The van der Waals surface area contributed by atoms with E-state index in [1.807, 2.05) is 37.4 Å². The molecule has 37 heavy (non-hydrogen) atoms. The van der Waals surface area contributed by atoms with Gasteiger partial charge in [-0.3, -0.25) is 19.7 Å². The number of amides is 3. The van der Waals surface area contributed by atoms with Crippen LogP contribution in [-0.4, -0.2) is 33.9 Å². The Morgan fingerprint density at radius 1 is 0.973 bits per heavy atom. The first-order valence-electron chi connectivity index (χ1n) is 12.3. The van der Waals surface area contributed by atoms with Crippen molar-refractivity contribution in [3.05, 3.63) is 89.6 Å². The summed E-state index contributed by atoms with van der Waals surface area (Å²) in [6, 6.07) is 19.2. The lowest BCUT2D eigenvalue weighted by Gasteiger charge is -2.29. The molecule has 4 heterocycles. The van der Waals surface area contributed by atoms with Gasteiger partial charge in [0.2, 0.25) is 17.7 Å². The van der Waals surface area contributed by atoms with Gasteiger partial charge < -0.3 is 15.4 Å². The van der Waals surface area contributed by atoms with Gasteiger partial charge in [-0.05, 0) is 55.3 Å². The van der Waals surface area contributed by atoms with Gasteiger partial charge in [0.1, 0.15) is 11.3 Å². The predicted octanol–water partition coefficient (Wildman–Crippen LogP) is 3.35. The maximum absolute atomic E-state index is 14.1. The monoisotopic (exact) mass is 492 g/mol. The molecule has 3 aliphatic rings. The topological polar surface area (TPSA) is 115 Å². The van der Waals surface area contributed by atoms with Crippen LogP contribution in [0.1, 0.15) is 16.7 Å². The molecule has 2 fully saturated rings. The third-order valence-electron chi connectivity index (χ3n) is 8.08. The van der Waals surface area contributed by atoms with Crippen LogP contribution < -0.4 is 15.5 Å². The minimum absolute atomic E-state index is 0.143. The van der Waals surface area contributed by atoms with Crippen molar-refractivity contribution in [1.29, 1.82) is 0 Å². The van der Waals surface area contributed by atoms with Gasteiger partial charge in [-0.2, -0.15) is 0 Å². The van der Waals surface area contributed by atoms with Crippen LogP contribution in [0.25, 0.3) is 10.9 Å². The molecule has 4 atom stereocenters. The molecule has 0 unspecified atom stereocenters. The molecule has 4 N–H and O–H groups in total. The van der Waals surface area contributed by atoms with Crippen LogP contribution in [0.15, 0.2) is 72.9 Å². The molecule has 184 valence electrons. The van der Waals surface area contributed by atoms with Gasteiger partial charge in [-0.15, -0.1) is 0 Å². The van der Waals surface area contributed by atoms with Crippen LogP contribution in [0.3, 0.4) is 0 Å². The highest BCUT2D eigenvalue weighted by molar-refractivity contribution is 6.25. The normalized spacial score (nSPS) is 26.2. The van der Waals surface area contributed by atoms with E-state index >= 15 is 0 Å². The van der Waals surface area contributed by atoms with Gasteiger partial charge in [0.25, 0.3) is 0 Å². The van der Waals surface area contributed by atoms with Gasteiger partial charge >= 0.3 is 0 Å². The number of carbonyl (C=O) groups is 3. The summed E-state index contributed by atoms with van der Waals surface area (Å²) in [6.07, 6.45) is 2.25. The minimum atomic E-state index is -1.36. The lowest BCUT2D eigenvalue weighted by Crippen LogP contribution is -2.53. The Labute approximate surface area is 212 Å². The van der Waals surface area contributed by atoms with Crippen LogP contribution in [0.5, 0.6) is 5.75 Å². The second-order valence-electron chi connectivity index (χ2n) is 10.2. The predicted molar refractivity (Wildman–Crippen MR) is 138 cm³/mol. The van der Waals surface area contributed by atoms with Gasteiger partial charge in [0, 0.05) is 34.4 Å². The van der Waals surface area contributed by atoms with Crippen LogP contribution in [-0.2, 0) is 26.3 Å². The fourth-order valence-electron chi connectivity index (χ4n) is 6.49. The third kappa shape index (κ3) is 2.90. The van der Waals surface area contributed by atoms with Crippen molar-refractivity contribution >= 4 is 40.0 Å². The average molecular weight is 493 g/mol. The van der Waals surface area contributed by atoms with E-state index < -0.39 is 23.4 Å². The maximum Gasteiger partial charge on any atom is 0.250 e. The molecule has 3 amide bonds. The number of para-hydroxylation sites is 1. The van der Waals surface area contributed by atoms with E-state index in [1.165, 1.54) is 4.90 Å². The van der Waals surface area contributed by atoms with Crippen molar-refractivity contribution in [2.45, 2.75) is 24.9 Å². The molecular weight excluding hydrogens is 468 g/mol. The number of aryl methyl sites for hydroxylation is 1. The zero-order chi connectivity index (χ0) is 25.5. The summed E-state index contributed by atoms with van der Waals surface area (Å²) in [5.74, 6) is -2.51. The average Bonchev–Trinajstić information content (AvgIpc) is 3.59. The number of carbonyl (C=O) groups excluding carboxylic acids is 3. The number of anilines is 2. The largest absolute Gasteiger partial charge is 0.508 e. The Morgan fingerprint density at radius 3 is 2.59 bits per heavy atom. The smallest absolute Gasteiger partial charge is 0.250 e. The minimum Gasteiger partial charge on any atom is -0.508 e. The van der Waals surface area contributed by atoms with Crippen molar-refractivity contribution in [1.82, 2.24) is 10.3 Å². The van der Waals surface area contributed by atoms with Crippen LogP contribution in [0, 0.1) is 18.8 Å². The molecule has 1 spiro atoms. The Morgan fingerprint density at radius 2 is 1.78 bits per heavy atom. The first-order valence-corrected chi connectivity index (χ1v) is 12.3. The van der Waals surface area contributed by atoms with Crippen molar-refractivity contribution in [2.75, 3.05) is 10.2 Å². The maximum atomic E-state index is 14.1. The number of aromatic hydroxyl groups is 1. The van der Waals surface area contributed by atoms with E-state index in [0.717, 1.165) is 22.0 Å². The zero-order valence-corrected chi connectivity index (χ0v) is 20.0. The lowest BCUT2D eigenvalue weighted by atomic mass is 9.76. The Bertz CT molecular complexity index is 1630. The number of hydrogen-bond donors (Lipinski definition) is 4. The number of nitrogens with one attached hydrogen (secondary N) is 3. The fourth-order valence-corrected chi connectivity index (χ4v) is 6.49. The number of aromatic nitrogens is 1. The van der Waals surface area contributed by atoms with Crippen LogP contribution in [0.2, 0.25) is 0 Å². The van der Waals surface area contributed by atoms with Gasteiger partial charge in [0.05, 0.1) is 17.5 Å². The van der Waals surface area contributed by atoms with E-state index in [-0.39, 0.29) is 23.5 Å². The highest BCUT2D eigenvalue weighted by atomic mass is 16.3. The van der Waals surface area contributed by atoms with Crippen molar-refractivity contribution in [3.8, 4) is 5.75 Å². The van der Waals surface area contributed by atoms with Crippen molar-refractivity contribution in [2.24, 2.45) is 11.8 Å². The Hall–Kier alpha value is -4.43. The summed E-state index contributed by atoms with van der Waals surface area (Å²) in [4.78, 5) is 46.2. The number of nitrogens with zero attached hydrogens (tertiary/aromatic N) is 1. The Kier molecular flexibility index (Phi) is 4.44. The van der Waals surface area contributed by atoms with Gasteiger partial charge in [-0.1, -0.05) is 35.9 Å². The molecule has 0 aliphatic carbocycles. The van der Waals surface area contributed by atoms with E-state index in [4.69, 9.17) is 0 Å². The number of H-pyrrole nitrogens is 1. The van der Waals surface area contributed by atoms with Crippen molar-refractivity contribution in [3.63, 3.8) is 0 Å². The lowest BCUT2D eigenvalue weighted by molar-refractivity contribution is -0.130. The second kappa shape index (κ2) is 7.54. The summed E-state index contributed by atoms with van der Waals surface area (Å²) >= 11 is 0. The van der Waals surface area contributed by atoms with Crippen LogP contribution in [0.4, 0.5) is 11.4 Å². The number of phenols is 1. The molecule has 8 nitrogen and oxygen atoms in total. The summed E-state index contributed by atoms with van der Waals surface area (Å²) in [6.45, 7) is 1.94. The summed E-state index contributed by atoms with van der Waals surface area (Å²) in [7, 11) is 0. The first-order chi connectivity index (χ1) is 17.9. The molecule has 4 aromatic rings. The number of rotatable bonds is 3. The van der Waals surface area contributed by atoms with Crippen molar-refractivity contribution < 1.29 is 19.5 Å². The number of fused-ring (bicyclic) bond motifs is 5. The highest BCUT2D eigenvalue weighted by Gasteiger charge is 2.70. The molecule has 0 saturated carbocycles. The molecule has 7 rings (SSSR count). The van der Waals surface area contributed by atoms with Gasteiger partial charge in [0.15, 0.2) is 0 Å². The summed E-state index contributed by atoms with van der Waals surface area (Å²) in [5, 5.41) is 17.4. The van der Waals surface area contributed by atoms with E-state index in [1.54, 1.807) is 42.5 Å². The van der Waals surface area contributed by atoms with E-state index in [0.29, 0.717) is 23.4 Å². The molecule has 0 radical (unpaired) electrons. The number of imide groups is 1. The fraction of sp³-hybridized carbons (Fsp3) is 0.207.